The molecule has 4 atom stereocenters. The standard InChI is InChI=1S/C30H41N5O3/c1-22-9-12-24(19-22)34-17-15-26(20-34)33(3)30(37)35-18-16-25(21-35)32(2)29(36)31-23-10-13-28(14-11-23)38-27-7-5-4-6-8-27/h4-8,10-11,13-14,22,24-26H,9,12,15-21H2,1-3H3,(H,31,36)/t22?,24?,25-,26+/m0/s1. The Bertz CT molecular complexity index is 1090. The number of likely N-dealkylation sites (tertiary alicyclic amines) is 2. The number of hydrogen-bond acceptors (Lipinski definition) is 4. The molecular formula is C30H41N5O3. The third-order valence-electron chi connectivity index (χ3n) is 8.61. The first-order chi connectivity index (χ1) is 18.4. The maximum absolute atomic E-state index is 13.3. The van der Waals surface area contributed by atoms with Crippen LogP contribution in [-0.2, 0) is 0 Å². The Morgan fingerprint density at radius 2 is 1.53 bits per heavy atom. The molecule has 2 heterocycles. The van der Waals surface area contributed by atoms with Gasteiger partial charge in [-0.05, 0) is 74.4 Å². The van der Waals surface area contributed by atoms with Gasteiger partial charge >= 0.3 is 12.1 Å². The largest absolute Gasteiger partial charge is 0.457 e. The van der Waals surface area contributed by atoms with Gasteiger partial charge in [-0.15, -0.1) is 0 Å². The number of rotatable bonds is 6. The van der Waals surface area contributed by atoms with Crippen molar-refractivity contribution < 1.29 is 14.3 Å². The monoisotopic (exact) mass is 519 g/mol. The Labute approximate surface area is 226 Å². The average molecular weight is 520 g/mol. The summed E-state index contributed by atoms with van der Waals surface area (Å²) in [5, 5.41) is 2.97. The molecule has 2 unspecified atom stereocenters. The van der Waals surface area contributed by atoms with Crippen LogP contribution in [-0.4, -0.2) is 90.1 Å². The summed E-state index contributed by atoms with van der Waals surface area (Å²) in [7, 11) is 3.75. The van der Waals surface area contributed by atoms with E-state index in [9.17, 15) is 9.59 Å². The summed E-state index contributed by atoms with van der Waals surface area (Å²) in [6, 6.07) is 17.8. The van der Waals surface area contributed by atoms with Gasteiger partial charge in [-0.2, -0.15) is 0 Å². The van der Waals surface area contributed by atoms with Gasteiger partial charge in [0.25, 0.3) is 0 Å². The molecule has 3 aliphatic rings. The van der Waals surface area contributed by atoms with Gasteiger partial charge in [-0.25, -0.2) is 9.59 Å². The number of nitrogens with zero attached hydrogens (tertiary/aromatic N) is 4. The second-order valence-electron chi connectivity index (χ2n) is 11.3. The number of para-hydroxylation sites is 1. The summed E-state index contributed by atoms with van der Waals surface area (Å²) < 4.78 is 5.83. The fourth-order valence-electron chi connectivity index (χ4n) is 6.14. The Morgan fingerprint density at radius 1 is 0.842 bits per heavy atom. The molecule has 204 valence electrons. The summed E-state index contributed by atoms with van der Waals surface area (Å²) >= 11 is 0. The van der Waals surface area contributed by atoms with Crippen molar-refractivity contribution in [2.24, 2.45) is 5.92 Å². The number of ether oxygens (including phenoxy) is 1. The van der Waals surface area contributed by atoms with Crippen LogP contribution < -0.4 is 10.1 Å². The van der Waals surface area contributed by atoms with Gasteiger partial charge in [0.15, 0.2) is 0 Å². The Hall–Kier alpha value is -3.26. The number of benzene rings is 2. The number of amides is 4. The molecule has 1 saturated carbocycles. The third kappa shape index (κ3) is 6.07. The molecule has 1 N–H and O–H groups in total. The van der Waals surface area contributed by atoms with E-state index in [1.807, 2.05) is 78.5 Å². The molecule has 0 aromatic heterocycles. The van der Waals surface area contributed by atoms with Crippen LogP contribution in [0.1, 0.15) is 39.0 Å². The Balaban J connectivity index is 1.08. The van der Waals surface area contributed by atoms with Crippen molar-refractivity contribution in [1.82, 2.24) is 19.6 Å². The minimum Gasteiger partial charge on any atom is -0.457 e. The SMILES string of the molecule is CC1CCC(N2CC[C@@H](N(C)C(=O)N3CC[C@H](N(C)C(=O)Nc4ccc(Oc5ccccc5)cc4)C3)C2)C1. The van der Waals surface area contributed by atoms with E-state index in [4.69, 9.17) is 4.74 Å². The minimum absolute atomic E-state index is 0.00640. The zero-order valence-corrected chi connectivity index (χ0v) is 22.9. The van der Waals surface area contributed by atoms with E-state index in [0.29, 0.717) is 30.6 Å². The van der Waals surface area contributed by atoms with Crippen LogP contribution in [0.5, 0.6) is 11.5 Å². The van der Waals surface area contributed by atoms with Gasteiger partial charge in [0.1, 0.15) is 11.5 Å². The number of hydrogen-bond donors (Lipinski definition) is 1. The molecule has 0 spiro atoms. The molecule has 2 aliphatic heterocycles. The predicted octanol–water partition coefficient (Wildman–Crippen LogP) is 5.33. The van der Waals surface area contributed by atoms with Crippen molar-refractivity contribution in [2.45, 2.75) is 57.2 Å². The van der Waals surface area contributed by atoms with Crippen LogP contribution in [0.15, 0.2) is 54.6 Å². The Morgan fingerprint density at radius 3 is 2.24 bits per heavy atom. The normalized spacial score (nSPS) is 25.4. The topological polar surface area (TPSA) is 68.4 Å². The molecule has 0 radical (unpaired) electrons. The van der Waals surface area contributed by atoms with E-state index in [1.165, 1.54) is 19.3 Å². The lowest BCUT2D eigenvalue weighted by Crippen LogP contribution is -2.48. The molecule has 8 heteroatoms. The van der Waals surface area contributed by atoms with E-state index in [-0.39, 0.29) is 24.1 Å². The molecular weight excluding hydrogens is 478 g/mol. The highest BCUT2D eigenvalue weighted by Gasteiger charge is 2.38. The zero-order valence-electron chi connectivity index (χ0n) is 22.9. The smallest absolute Gasteiger partial charge is 0.321 e. The summed E-state index contributed by atoms with van der Waals surface area (Å²) in [5.74, 6) is 2.30. The van der Waals surface area contributed by atoms with Crippen LogP contribution in [0, 0.1) is 5.92 Å². The van der Waals surface area contributed by atoms with Gasteiger partial charge in [0.2, 0.25) is 0 Å². The Kier molecular flexibility index (Phi) is 8.07. The summed E-state index contributed by atoms with van der Waals surface area (Å²) in [6.45, 7) is 5.65. The molecule has 5 rings (SSSR count). The fraction of sp³-hybridized carbons (Fsp3) is 0.533. The van der Waals surface area contributed by atoms with Crippen molar-refractivity contribution in [2.75, 3.05) is 45.6 Å². The van der Waals surface area contributed by atoms with Gasteiger partial charge in [0, 0.05) is 58.0 Å². The number of carbonyl (C=O) groups excluding carboxylic acids is 2. The van der Waals surface area contributed by atoms with Crippen molar-refractivity contribution >= 4 is 17.7 Å². The van der Waals surface area contributed by atoms with E-state index in [2.05, 4.69) is 17.1 Å². The average Bonchev–Trinajstić information content (AvgIpc) is 3.70. The van der Waals surface area contributed by atoms with Crippen LogP contribution in [0.4, 0.5) is 15.3 Å². The van der Waals surface area contributed by atoms with Crippen LogP contribution in [0.25, 0.3) is 0 Å². The predicted molar refractivity (Wildman–Crippen MR) is 150 cm³/mol. The molecule has 2 aromatic rings. The lowest BCUT2D eigenvalue weighted by Gasteiger charge is -2.31. The summed E-state index contributed by atoms with van der Waals surface area (Å²) in [4.78, 5) is 34.4. The van der Waals surface area contributed by atoms with Crippen LogP contribution in [0.3, 0.4) is 0 Å². The number of nitrogens with one attached hydrogen (secondary N) is 1. The number of likely N-dealkylation sites (N-methyl/N-ethyl adjacent to an activating group) is 2. The lowest BCUT2D eigenvalue weighted by atomic mass is 10.1. The van der Waals surface area contributed by atoms with Crippen LogP contribution in [0.2, 0.25) is 0 Å². The zero-order chi connectivity index (χ0) is 26.6. The maximum Gasteiger partial charge on any atom is 0.321 e. The first-order valence-electron chi connectivity index (χ1n) is 14.0. The van der Waals surface area contributed by atoms with Gasteiger partial charge in [-0.1, -0.05) is 25.1 Å². The first-order valence-corrected chi connectivity index (χ1v) is 14.0. The first kappa shape index (κ1) is 26.4. The fourth-order valence-corrected chi connectivity index (χ4v) is 6.14. The van der Waals surface area contributed by atoms with Gasteiger partial charge in [-0.3, -0.25) is 4.90 Å². The molecule has 4 amide bonds. The van der Waals surface area contributed by atoms with E-state index in [1.54, 1.807) is 4.90 Å². The highest BCUT2D eigenvalue weighted by atomic mass is 16.5. The molecule has 0 bridgehead atoms. The van der Waals surface area contributed by atoms with E-state index in [0.717, 1.165) is 37.6 Å². The highest BCUT2D eigenvalue weighted by Crippen LogP contribution is 2.32. The van der Waals surface area contributed by atoms with Gasteiger partial charge in [0.05, 0.1) is 6.04 Å². The van der Waals surface area contributed by atoms with E-state index >= 15 is 0 Å². The second kappa shape index (κ2) is 11.6. The summed E-state index contributed by atoms with van der Waals surface area (Å²) in [5.41, 5.74) is 0.704. The minimum atomic E-state index is -0.174. The molecule has 8 nitrogen and oxygen atoms in total. The highest BCUT2D eigenvalue weighted by molar-refractivity contribution is 5.89. The summed E-state index contributed by atoms with van der Waals surface area (Å²) in [6.07, 6.45) is 5.73. The van der Waals surface area contributed by atoms with Crippen molar-refractivity contribution in [1.29, 1.82) is 0 Å². The third-order valence-corrected chi connectivity index (χ3v) is 8.61. The molecule has 1 aliphatic carbocycles. The van der Waals surface area contributed by atoms with E-state index < -0.39 is 0 Å². The lowest BCUT2D eigenvalue weighted by molar-refractivity contribution is 0.148. The number of carbonyl (C=O) groups is 2. The van der Waals surface area contributed by atoms with Crippen LogP contribution >= 0.6 is 0 Å². The molecule has 3 fully saturated rings. The molecule has 38 heavy (non-hydrogen) atoms. The number of urea groups is 2. The van der Waals surface area contributed by atoms with Crippen molar-refractivity contribution in [3.05, 3.63) is 54.6 Å². The maximum atomic E-state index is 13.3. The molecule has 2 aromatic carbocycles. The second-order valence-corrected chi connectivity index (χ2v) is 11.3. The van der Waals surface area contributed by atoms with Crippen molar-refractivity contribution in [3.63, 3.8) is 0 Å². The number of anilines is 1. The quantitative estimate of drug-likeness (QED) is 0.560. The van der Waals surface area contributed by atoms with Crippen molar-refractivity contribution in [3.8, 4) is 11.5 Å². The molecule has 2 saturated heterocycles. The van der Waals surface area contributed by atoms with Gasteiger partial charge < -0.3 is 24.8 Å².